The number of likely N-dealkylation sites (tertiary alicyclic amines) is 1. The average Bonchev–Trinajstić information content (AvgIpc) is 3.68. The number of halogens is 2. The number of anilines is 1. The molecule has 2 unspecified atom stereocenters. The summed E-state index contributed by atoms with van der Waals surface area (Å²) in [7, 11) is 2.19. The maximum atomic E-state index is 13.9. The molecule has 2 aromatic rings. The van der Waals surface area contributed by atoms with Crippen LogP contribution in [0.4, 0.5) is 10.2 Å². The summed E-state index contributed by atoms with van der Waals surface area (Å²) in [5, 5.41) is 10.3. The number of hydrogen-bond acceptors (Lipinski definition) is 7. The highest BCUT2D eigenvalue weighted by Crippen LogP contribution is 2.51. The van der Waals surface area contributed by atoms with Gasteiger partial charge in [0.2, 0.25) is 0 Å². The van der Waals surface area contributed by atoms with Gasteiger partial charge in [0.15, 0.2) is 5.83 Å². The highest BCUT2D eigenvalue weighted by Gasteiger charge is 2.45. The molecule has 3 heterocycles. The van der Waals surface area contributed by atoms with Crippen molar-refractivity contribution in [3.63, 3.8) is 0 Å². The second-order valence-corrected chi connectivity index (χ2v) is 13.6. The molecule has 1 spiro atoms. The maximum absolute atomic E-state index is 13.9. The molecule has 44 heavy (non-hydrogen) atoms. The van der Waals surface area contributed by atoms with Gasteiger partial charge in [0.25, 0.3) is 5.91 Å². The number of piperidine rings is 1. The van der Waals surface area contributed by atoms with Crippen LogP contribution in [0.2, 0.25) is 5.02 Å². The van der Waals surface area contributed by atoms with E-state index < -0.39 is 17.8 Å². The minimum Gasteiger partial charge on any atom is -0.462 e. The van der Waals surface area contributed by atoms with Crippen LogP contribution in [0.15, 0.2) is 36.7 Å². The zero-order chi connectivity index (χ0) is 30.7. The first-order valence-corrected chi connectivity index (χ1v) is 16.1. The van der Waals surface area contributed by atoms with Crippen LogP contribution in [0.1, 0.15) is 61.4 Å². The van der Waals surface area contributed by atoms with Crippen molar-refractivity contribution in [3.05, 3.63) is 64.1 Å². The Bertz CT molecular complexity index is 1600. The van der Waals surface area contributed by atoms with Crippen molar-refractivity contribution in [3.8, 4) is 12.1 Å². The predicted molar refractivity (Wildman–Crippen MR) is 167 cm³/mol. The summed E-state index contributed by atoms with van der Waals surface area (Å²) in [4.78, 5) is 28.6. The molecule has 0 radical (unpaired) electrons. The fourth-order valence-electron chi connectivity index (χ4n) is 8.69. The van der Waals surface area contributed by atoms with Crippen LogP contribution in [0.3, 0.4) is 0 Å². The van der Waals surface area contributed by atoms with Crippen molar-refractivity contribution in [1.82, 2.24) is 19.8 Å². The minimum absolute atomic E-state index is 0.0907. The number of ether oxygens (including phenoxy) is 1. The van der Waals surface area contributed by atoms with Crippen molar-refractivity contribution < 1.29 is 13.9 Å². The third kappa shape index (κ3) is 4.78. The van der Waals surface area contributed by atoms with Crippen LogP contribution in [-0.2, 0) is 23.1 Å². The molecule has 5 atom stereocenters. The number of fused-ring (bicyclic) bond motifs is 5. The highest BCUT2D eigenvalue weighted by atomic mass is 35.5. The van der Waals surface area contributed by atoms with Crippen LogP contribution in [0, 0.1) is 17.2 Å². The number of allylic oxidation sites excluding steroid dienone is 2. The molecule has 1 aromatic heterocycles. The molecule has 2 saturated heterocycles. The number of carbonyl (C=O) groups excluding carboxylic acids is 1. The fraction of sp³-hybridized carbons (Fsp3) is 0.529. The first kappa shape index (κ1) is 29.2. The summed E-state index contributed by atoms with van der Waals surface area (Å²) in [5.41, 5.74) is 5.38. The number of nitriles is 1. The van der Waals surface area contributed by atoms with Crippen LogP contribution in [-0.4, -0.2) is 77.1 Å². The van der Waals surface area contributed by atoms with Gasteiger partial charge in [-0.1, -0.05) is 36.4 Å². The zero-order valence-electron chi connectivity index (χ0n) is 25.4. The molecule has 1 aromatic carbocycles. The van der Waals surface area contributed by atoms with Gasteiger partial charge in [-0.05, 0) is 74.8 Å². The number of benzene rings is 1. The first-order chi connectivity index (χ1) is 21.2. The lowest BCUT2D eigenvalue weighted by Gasteiger charge is -2.42. The largest absolute Gasteiger partial charge is 0.462 e. The average molecular weight is 617 g/mol. The van der Waals surface area contributed by atoms with E-state index >= 15 is 0 Å². The van der Waals surface area contributed by atoms with Crippen LogP contribution in [0.25, 0.3) is 5.57 Å². The van der Waals surface area contributed by atoms with E-state index in [0.29, 0.717) is 50.1 Å². The molecule has 8 nitrogen and oxygen atoms in total. The molecule has 1 saturated carbocycles. The van der Waals surface area contributed by atoms with Crippen molar-refractivity contribution in [2.24, 2.45) is 5.92 Å². The Morgan fingerprint density at radius 2 is 2.14 bits per heavy atom. The Hall–Kier alpha value is -3.48. The van der Waals surface area contributed by atoms with Crippen molar-refractivity contribution in [1.29, 1.82) is 5.26 Å². The molecule has 5 aliphatic rings. The summed E-state index contributed by atoms with van der Waals surface area (Å²) < 4.78 is 20.3. The third-order valence-corrected chi connectivity index (χ3v) is 11.2. The van der Waals surface area contributed by atoms with Gasteiger partial charge in [0.1, 0.15) is 12.4 Å². The van der Waals surface area contributed by atoms with Gasteiger partial charge in [-0.2, -0.15) is 15.2 Å². The lowest BCUT2D eigenvalue weighted by atomic mass is 9.70. The maximum Gasteiger partial charge on any atom is 0.318 e. The molecular formula is C34H38ClFN6O2. The number of rotatable bonds is 6. The molecular weight excluding hydrogens is 579 g/mol. The Labute approximate surface area is 263 Å². The molecule has 1 amide bonds. The Morgan fingerprint density at radius 3 is 2.89 bits per heavy atom. The van der Waals surface area contributed by atoms with Gasteiger partial charge in [-0.25, -0.2) is 4.39 Å². The molecule has 230 valence electrons. The molecule has 3 aliphatic carbocycles. The monoisotopic (exact) mass is 616 g/mol. The molecule has 10 heteroatoms. The third-order valence-electron chi connectivity index (χ3n) is 10.9. The summed E-state index contributed by atoms with van der Waals surface area (Å²) in [6, 6.07) is 9.21. The number of nitrogens with zero attached hydrogens (tertiary/aromatic N) is 6. The summed E-state index contributed by atoms with van der Waals surface area (Å²) in [6.07, 6.45) is 8.53. The van der Waals surface area contributed by atoms with E-state index in [9.17, 15) is 14.4 Å². The van der Waals surface area contributed by atoms with Crippen LogP contribution < -0.4 is 9.64 Å². The van der Waals surface area contributed by atoms with Gasteiger partial charge in [0, 0.05) is 54.1 Å². The van der Waals surface area contributed by atoms with Gasteiger partial charge in [0.05, 0.1) is 24.2 Å². The zero-order valence-corrected chi connectivity index (χ0v) is 26.1. The number of likely N-dealkylation sites (N-methyl/N-ethyl adjacent to an activating group) is 1. The van der Waals surface area contributed by atoms with E-state index in [0.717, 1.165) is 40.5 Å². The van der Waals surface area contributed by atoms with Crippen LogP contribution >= 0.6 is 11.6 Å². The van der Waals surface area contributed by atoms with Crippen molar-refractivity contribution >= 4 is 28.9 Å². The van der Waals surface area contributed by atoms with E-state index in [2.05, 4.69) is 48.6 Å². The standard InChI is InChI=1S/C34H38ClFN6O2/c1-20-16-34(26-5-4-6-27(35)30(20)26)11-9-25-28(17-34)38-33(44-19-29-22-7-8-23(15-22)40(29)3)39-31(25)41-13-14-42(32(43)21(2)36)24(18-41)10-12-37/h4-6,16,22-24,29H,2,7-11,13-15,17-19H2,1,3H3/t22?,23?,24-,29+,34+/m0/s1. The van der Waals surface area contributed by atoms with E-state index in [1.165, 1.54) is 35.3 Å². The Kier molecular flexibility index (Phi) is 7.41. The summed E-state index contributed by atoms with van der Waals surface area (Å²) in [5.74, 6) is -0.329. The first-order valence-electron chi connectivity index (χ1n) is 15.7. The lowest BCUT2D eigenvalue weighted by Crippen LogP contribution is -2.55. The van der Waals surface area contributed by atoms with Gasteiger partial charge < -0.3 is 14.5 Å². The SMILES string of the molecule is C=C(F)C(=O)N1CCN(c2nc(OC[C@@H]3C4CCC(C4)N3C)nc3c2CC[C@@]2(C=C(C)c4c(Cl)cccc42)C3)C[C@@H]1CC#N. The number of amides is 1. The lowest BCUT2D eigenvalue weighted by molar-refractivity contribution is -0.131. The second-order valence-electron chi connectivity index (χ2n) is 13.2. The van der Waals surface area contributed by atoms with Gasteiger partial charge >= 0.3 is 6.01 Å². The smallest absolute Gasteiger partial charge is 0.318 e. The minimum atomic E-state index is -1.01. The number of piperazine rings is 1. The molecule has 0 N–H and O–H groups in total. The molecule has 2 aliphatic heterocycles. The quantitative estimate of drug-likeness (QED) is 0.410. The Balaban J connectivity index is 1.23. The van der Waals surface area contributed by atoms with Crippen molar-refractivity contribution in [2.45, 2.75) is 75.4 Å². The van der Waals surface area contributed by atoms with E-state index in [1.807, 2.05) is 12.1 Å². The molecule has 3 fully saturated rings. The molecule has 2 bridgehead atoms. The van der Waals surface area contributed by atoms with Crippen LogP contribution in [0.5, 0.6) is 6.01 Å². The van der Waals surface area contributed by atoms with E-state index in [4.69, 9.17) is 26.3 Å². The molecule has 7 rings (SSSR count). The second kappa shape index (κ2) is 11.1. The normalized spacial score (nSPS) is 28.9. The predicted octanol–water partition coefficient (Wildman–Crippen LogP) is 5.25. The van der Waals surface area contributed by atoms with Gasteiger partial charge in [-0.15, -0.1) is 0 Å². The Morgan fingerprint density at radius 1 is 1.30 bits per heavy atom. The number of carbonyl (C=O) groups is 1. The van der Waals surface area contributed by atoms with Gasteiger partial charge in [-0.3, -0.25) is 9.69 Å². The summed E-state index contributed by atoms with van der Waals surface area (Å²) in [6.45, 7) is 6.97. The number of aromatic nitrogens is 2. The van der Waals surface area contributed by atoms with E-state index in [1.54, 1.807) is 0 Å². The van der Waals surface area contributed by atoms with E-state index in [-0.39, 0.29) is 18.4 Å². The number of hydrogen-bond donors (Lipinski definition) is 0. The fourth-order valence-corrected chi connectivity index (χ4v) is 9.02. The topological polar surface area (TPSA) is 85.6 Å². The highest BCUT2D eigenvalue weighted by molar-refractivity contribution is 6.32. The summed E-state index contributed by atoms with van der Waals surface area (Å²) >= 11 is 6.68. The van der Waals surface area contributed by atoms with Crippen molar-refractivity contribution in [2.75, 3.05) is 38.2 Å².